The first-order valence-corrected chi connectivity index (χ1v) is 8.19. The van der Waals surface area contributed by atoms with E-state index in [-0.39, 0.29) is 0 Å². The van der Waals surface area contributed by atoms with Gasteiger partial charge in [-0.1, -0.05) is 42.5 Å². The molecule has 0 saturated carbocycles. The molecule has 21 heavy (non-hydrogen) atoms. The van der Waals surface area contributed by atoms with Crippen LogP contribution in [-0.2, 0) is 23.1 Å². The number of hydrogen-bond acceptors (Lipinski definition) is 3. The second kappa shape index (κ2) is 6.39. The third-order valence-electron chi connectivity index (χ3n) is 3.41. The van der Waals surface area contributed by atoms with Crippen LogP contribution in [0.3, 0.4) is 0 Å². The van der Waals surface area contributed by atoms with Crippen molar-refractivity contribution in [2.75, 3.05) is 7.05 Å². The highest BCUT2D eigenvalue weighted by atomic mass is 32.2. The van der Waals surface area contributed by atoms with Gasteiger partial charge in [0.1, 0.15) is 0 Å². The van der Waals surface area contributed by atoms with Crippen molar-refractivity contribution in [3.63, 3.8) is 0 Å². The maximum absolute atomic E-state index is 12.7. The van der Waals surface area contributed by atoms with Crippen LogP contribution in [0.5, 0.6) is 0 Å². The molecule has 0 fully saturated rings. The van der Waals surface area contributed by atoms with E-state index in [9.17, 15) is 8.42 Å². The smallest absolute Gasteiger partial charge is 0.243 e. The number of benzene rings is 2. The Morgan fingerprint density at radius 2 is 1.71 bits per heavy atom. The first-order chi connectivity index (χ1) is 9.95. The number of nitrogens with two attached hydrogens (primary N) is 1. The van der Waals surface area contributed by atoms with Gasteiger partial charge < -0.3 is 5.73 Å². The van der Waals surface area contributed by atoms with Crippen molar-refractivity contribution in [1.29, 1.82) is 0 Å². The minimum Gasteiger partial charge on any atom is -0.326 e. The molecule has 0 aliphatic heterocycles. The third-order valence-corrected chi connectivity index (χ3v) is 5.37. The lowest BCUT2D eigenvalue weighted by Crippen LogP contribution is -2.27. The third kappa shape index (κ3) is 3.50. The van der Waals surface area contributed by atoms with Crippen molar-refractivity contribution < 1.29 is 8.42 Å². The zero-order valence-electron chi connectivity index (χ0n) is 12.3. The Bertz CT molecular complexity index is 712. The average Bonchev–Trinajstić information content (AvgIpc) is 2.47. The normalized spacial score (nSPS) is 11.8. The van der Waals surface area contributed by atoms with Crippen LogP contribution in [0.15, 0.2) is 53.4 Å². The Balaban J connectivity index is 2.29. The van der Waals surface area contributed by atoms with Crippen LogP contribution in [0.1, 0.15) is 16.7 Å². The van der Waals surface area contributed by atoms with Gasteiger partial charge in [0.05, 0.1) is 4.90 Å². The molecule has 2 N–H and O–H groups in total. The lowest BCUT2D eigenvalue weighted by Gasteiger charge is -2.19. The van der Waals surface area contributed by atoms with E-state index in [4.69, 9.17) is 5.73 Å². The lowest BCUT2D eigenvalue weighted by atomic mass is 10.1. The molecule has 2 aromatic carbocycles. The molecule has 0 aliphatic rings. The van der Waals surface area contributed by atoms with Gasteiger partial charge in [-0.15, -0.1) is 0 Å². The topological polar surface area (TPSA) is 63.4 Å². The van der Waals surface area contributed by atoms with E-state index >= 15 is 0 Å². The van der Waals surface area contributed by atoms with Gasteiger partial charge in [0.25, 0.3) is 0 Å². The Hall–Kier alpha value is -1.69. The summed E-state index contributed by atoms with van der Waals surface area (Å²) in [6.07, 6.45) is 0. The predicted molar refractivity (Wildman–Crippen MR) is 84.2 cm³/mol. The molecule has 4 nitrogen and oxygen atoms in total. The van der Waals surface area contributed by atoms with Crippen LogP contribution >= 0.6 is 0 Å². The first-order valence-electron chi connectivity index (χ1n) is 6.75. The minimum atomic E-state index is -3.50. The molecule has 5 heteroatoms. The van der Waals surface area contributed by atoms with Crippen molar-refractivity contribution >= 4 is 10.0 Å². The van der Waals surface area contributed by atoms with E-state index in [1.807, 2.05) is 36.4 Å². The maximum atomic E-state index is 12.7. The Morgan fingerprint density at radius 1 is 1.05 bits per heavy atom. The summed E-state index contributed by atoms with van der Waals surface area (Å²) in [6, 6.07) is 14.8. The molecule has 112 valence electrons. The zero-order valence-corrected chi connectivity index (χ0v) is 13.1. The number of aryl methyl sites for hydroxylation is 1. The number of hydrogen-bond donors (Lipinski definition) is 1. The Labute approximate surface area is 126 Å². The summed E-state index contributed by atoms with van der Waals surface area (Å²) in [7, 11) is -1.90. The van der Waals surface area contributed by atoms with Gasteiger partial charge >= 0.3 is 0 Å². The summed E-state index contributed by atoms with van der Waals surface area (Å²) in [5.74, 6) is 0. The van der Waals surface area contributed by atoms with Crippen molar-refractivity contribution in [2.45, 2.75) is 24.9 Å². The quantitative estimate of drug-likeness (QED) is 0.921. The molecular formula is C16H20N2O2S. The zero-order chi connectivity index (χ0) is 15.5. The first kappa shape index (κ1) is 15.7. The summed E-state index contributed by atoms with van der Waals surface area (Å²) >= 11 is 0. The molecule has 0 spiro atoms. The summed E-state index contributed by atoms with van der Waals surface area (Å²) < 4.78 is 26.7. The number of nitrogens with zero attached hydrogens (tertiary/aromatic N) is 1. The molecule has 0 amide bonds. The van der Waals surface area contributed by atoms with Crippen LogP contribution in [0.4, 0.5) is 0 Å². The maximum Gasteiger partial charge on any atom is 0.243 e. The molecule has 0 aliphatic carbocycles. The fraction of sp³-hybridized carbons (Fsp3) is 0.250. The monoisotopic (exact) mass is 304 g/mol. The van der Waals surface area contributed by atoms with Crippen LogP contribution in [0, 0.1) is 6.92 Å². The van der Waals surface area contributed by atoms with Crippen molar-refractivity contribution in [2.24, 2.45) is 5.73 Å². The van der Waals surface area contributed by atoms with Gasteiger partial charge in [0.2, 0.25) is 10.0 Å². The fourth-order valence-corrected chi connectivity index (χ4v) is 3.58. The largest absolute Gasteiger partial charge is 0.326 e. The van der Waals surface area contributed by atoms with Crippen molar-refractivity contribution in [1.82, 2.24) is 4.31 Å². The molecule has 0 atom stereocenters. The minimum absolute atomic E-state index is 0.332. The van der Waals surface area contributed by atoms with E-state index in [1.54, 1.807) is 26.1 Å². The molecule has 0 unspecified atom stereocenters. The predicted octanol–water partition coefficient (Wildman–Crippen LogP) is 2.27. The highest BCUT2D eigenvalue weighted by molar-refractivity contribution is 7.89. The molecule has 0 radical (unpaired) electrons. The van der Waals surface area contributed by atoms with Gasteiger partial charge in [0, 0.05) is 20.1 Å². The highest BCUT2D eigenvalue weighted by Gasteiger charge is 2.22. The summed E-state index contributed by atoms with van der Waals surface area (Å²) in [5, 5.41) is 0. The van der Waals surface area contributed by atoms with Gasteiger partial charge in [-0.05, 0) is 29.7 Å². The average molecular weight is 304 g/mol. The Morgan fingerprint density at radius 3 is 2.29 bits per heavy atom. The second-order valence-electron chi connectivity index (χ2n) is 5.05. The van der Waals surface area contributed by atoms with Crippen molar-refractivity contribution in [3.8, 4) is 0 Å². The number of rotatable bonds is 5. The van der Waals surface area contributed by atoms with Crippen LogP contribution in [0.2, 0.25) is 0 Å². The van der Waals surface area contributed by atoms with E-state index in [0.29, 0.717) is 18.0 Å². The molecule has 0 saturated heterocycles. The van der Waals surface area contributed by atoms with E-state index in [2.05, 4.69) is 0 Å². The van der Waals surface area contributed by atoms with Gasteiger partial charge in [-0.25, -0.2) is 8.42 Å². The standard InChI is InChI=1S/C16H20N2O2S/c1-13-10-15(11-17)8-9-16(13)21(19,20)18(2)12-14-6-4-3-5-7-14/h3-10H,11-12,17H2,1-2H3. The Kier molecular flexibility index (Phi) is 4.77. The van der Waals surface area contributed by atoms with Gasteiger partial charge in [-0.3, -0.25) is 0 Å². The van der Waals surface area contributed by atoms with Crippen LogP contribution in [0.25, 0.3) is 0 Å². The SMILES string of the molecule is Cc1cc(CN)ccc1S(=O)(=O)N(C)Cc1ccccc1. The van der Waals surface area contributed by atoms with E-state index in [1.165, 1.54) is 4.31 Å². The van der Waals surface area contributed by atoms with E-state index in [0.717, 1.165) is 16.7 Å². The van der Waals surface area contributed by atoms with Crippen molar-refractivity contribution in [3.05, 3.63) is 65.2 Å². The van der Waals surface area contributed by atoms with Crippen LogP contribution < -0.4 is 5.73 Å². The molecule has 0 bridgehead atoms. The molecular weight excluding hydrogens is 284 g/mol. The van der Waals surface area contributed by atoms with Gasteiger partial charge in [-0.2, -0.15) is 4.31 Å². The lowest BCUT2D eigenvalue weighted by molar-refractivity contribution is 0.466. The molecule has 2 rings (SSSR count). The molecule has 0 heterocycles. The number of sulfonamides is 1. The van der Waals surface area contributed by atoms with Gasteiger partial charge in [0.15, 0.2) is 0 Å². The fourth-order valence-electron chi connectivity index (χ4n) is 2.22. The van der Waals surface area contributed by atoms with Crippen LogP contribution in [-0.4, -0.2) is 19.8 Å². The summed E-state index contributed by atoms with van der Waals surface area (Å²) in [6.45, 7) is 2.55. The second-order valence-corrected chi connectivity index (χ2v) is 7.06. The molecule has 0 aromatic heterocycles. The van der Waals surface area contributed by atoms with E-state index < -0.39 is 10.0 Å². The highest BCUT2D eigenvalue weighted by Crippen LogP contribution is 2.21. The molecule has 2 aromatic rings. The summed E-state index contributed by atoms with van der Waals surface area (Å²) in [4.78, 5) is 0.332. The summed E-state index contributed by atoms with van der Waals surface area (Å²) in [5.41, 5.74) is 8.19.